The number of carbonyl (C=O) groups is 3. The fourth-order valence-electron chi connectivity index (χ4n) is 4.31. The lowest BCUT2D eigenvalue weighted by Gasteiger charge is -2.42. The van der Waals surface area contributed by atoms with Gasteiger partial charge in [0.05, 0.1) is 22.9 Å². The van der Waals surface area contributed by atoms with Gasteiger partial charge in [0, 0.05) is 18.5 Å². The lowest BCUT2D eigenvalue weighted by atomic mass is 9.86. The summed E-state index contributed by atoms with van der Waals surface area (Å²) in [6, 6.07) is 11.6. The highest BCUT2D eigenvalue weighted by atomic mass is 32.1. The Hall–Kier alpha value is -3.24. The van der Waals surface area contributed by atoms with Crippen LogP contribution in [0.15, 0.2) is 47.2 Å². The van der Waals surface area contributed by atoms with Crippen LogP contribution < -0.4 is 15.5 Å². The van der Waals surface area contributed by atoms with Crippen molar-refractivity contribution < 1.29 is 14.4 Å². The van der Waals surface area contributed by atoms with E-state index >= 15 is 0 Å². The zero-order valence-corrected chi connectivity index (χ0v) is 18.7. The fourth-order valence-corrected chi connectivity index (χ4v) is 5.92. The van der Waals surface area contributed by atoms with Crippen LogP contribution >= 0.6 is 22.7 Å². The van der Waals surface area contributed by atoms with E-state index in [1.54, 1.807) is 21.6 Å². The average Bonchev–Trinajstić information content (AvgIpc) is 3.56. The second-order valence-corrected chi connectivity index (χ2v) is 9.55. The Bertz CT molecular complexity index is 1150. The molecule has 3 amide bonds. The number of benzene rings is 1. The molecule has 5 rings (SSSR count). The van der Waals surface area contributed by atoms with Crippen LogP contribution in [-0.4, -0.2) is 53.4 Å². The molecule has 2 N–H and O–H groups in total. The Kier molecular flexibility index (Phi) is 5.40. The third-order valence-corrected chi connectivity index (χ3v) is 7.94. The number of piperidine rings is 1. The number of hydrogen-bond acceptors (Lipinski definition) is 7. The van der Waals surface area contributed by atoms with Gasteiger partial charge in [0.25, 0.3) is 5.91 Å². The maximum absolute atomic E-state index is 12.9. The first-order chi connectivity index (χ1) is 15.6. The Morgan fingerprint density at radius 1 is 1.16 bits per heavy atom. The first kappa shape index (κ1) is 20.7. The number of thiophene rings is 1. The van der Waals surface area contributed by atoms with Crippen LogP contribution in [0.2, 0.25) is 0 Å². The maximum Gasteiger partial charge on any atom is 0.275 e. The van der Waals surface area contributed by atoms with Crippen molar-refractivity contribution >= 4 is 52.3 Å². The fraction of sp³-hybridized carbons (Fsp3) is 0.273. The molecule has 0 atom stereocenters. The van der Waals surface area contributed by atoms with Gasteiger partial charge in [-0.3, -0.25) is 14.4 Å². The maximum atomic E-state index is 12.9. The SMILES string of the molecule is O=CN1CNC(=O)C12CCN(c1ccccc1NC(=O)c1csc(-c3cccs3)n1)CC2. The Balaban J connectivity index is 1.31. The molecule has 1 aromatic carbocycles. The van der Waals surface area contributed by atoms with E-state index in [0.717, 1.165) is 22.0 Å². The first-order valence-corrected chi connectivity index (χ1v) is 12.0. The van der Waals surface area contributed by atoms with Crippen molar-refractivity contribution in [3.05, 3.63) is 52.9 Å². The average molecular weight is 468 g/mol. The third-order valence-electron chi connectivity index (χ3n) is 6.06. The predicted molar refractivity (Wildman–Crippen MR) is 125 cm³/mol. The Morgan fingerprint density at radius 3 is 2.72 bits per heavy atom. The largest absolute Gasteiger partial charge is 0.370 e. The number of rotatable bonds is 5. The van der Waals surface area contributed by atoms with Gasteiger partial charge in [0.15, 0.2) is 0 Å². The second kappa shape index (κ2) is 8.36. The lowest BCUT2D eigenvalue weighted by molar-refractivity contribution is -0.133. The summed E-state index contributed by atoms with van der Waals surface area (Å²) in [6.07, 6.45) is 1.83. The molecule has 32 heavy (non-hydrogen) atoms. The summed E-state index contributed by atoms with van der Waals surface area (Å²) in [6.45, 7) is 1.46. The van der Waals surface area contributed by atoms with Crippen LogP contribution in [0, 0.1) is 0 Å². The first-order valence-electron chi connectivity index (χ1n) is 10.3. The predicted octanol–water partition coefficient (Wildman–Crippen LogP) is 3.01. The van der Waals surface area contributed by atoms with E-state index in [0.29, 0.717) is 37.3 Å². The monoisotopic (exact) mass is 467 g/mol. The molecule has 0 saturated carbocycles. The van der Waals surface area contributed by atoms with Gasteiger partial charge in [-0.25, -0.2) is 4.98 Å². The van der Waals surface area contributed by atoms with Crippen LogP contribution in [0.4, 0.5) is 11.4 Å². The molecule has 2 saturated heterocycles. The zero-order valence-electron chi connectivity index (χ0n) is 17.1. The van der Waals surface area contributed by atoms with Gasteiger partial charge in [0.2, 0.25) is 12.3 Å². The summed E-state index contributed by atoms with van der Waals surface area (Å²) < 4.78 is 0. The van der Waals surface area contributed by atoms with E-state index in [-0.39, 0.29) is 18.5 Å². The van der Waals surface area contributed by atoms with Crippen LogP contribution in [0.25, 0.3) is 9.88 Å². The highest BCUT2D eigenvalue weighted by Gasteiger charge is 2.50. The molecule has 1 spiro atoms. The van der Waals surface area contributed by atoms with Crippen molar-refractivity contribution in [2.75, 3.05) is 30.0 Å². The summed E-state index contributed by atoms with van der Waals surface area (Å²) in [4.78, 5) is 46.0. The van der Waals surface area contributed by atoms with Gasteiger partial charge >= 0.3 is 0 Å². The van der Waals surface area contributed by atoms with Gasteiger partial charge in [-0.05, 0) is 36.4 Å². The molecular weight excluding hydrogens is 446 g/mol. The molecule has 0 radical (unpaired) electrons. The molecule has 0 aliphatic carbocycles. The topological polar surface area (TPSA) is 94.6 Å². The molecule has 8 nitrogen and oxygen atoms in total. The van der Waals surface area contributed by atoms with Crippen LogP contribution in [-0.2, 0) is 9.59 Å². The van der Waals surface area contributed by atoms with Crippen LogP contribution in [0.3, 0.4) is 0 Å². The lowest BCUT2D eigenvalue weighted by Crippen LogP contribution is -2.55. The number of anilines is 2. The third kappa shape index (κ3) is 3.55. The Morgan fingerprint density at radius 2 is 1.97 bits per heavy atom. The van der Waals surface area contributed by atoms with Crippen molar-refractivity contribution in [1.82, 2.24) is 15.2 Å². The standard InChI is InChI=1S/C22H21N5O3S2/c28-14-27-13-23-21(30)22(27)7-9-26(10-8-22)17-5-2-1-4-15(17)24-19(29)16-12-32-20(25-16)18-6-3-11-31-18/h1-6,11-12,14H,7-10,13H2,(H,23,30)(H,24,29). The molecular formula is C22H21N5O3S2. The minimum Gasteiger partial charge on any atom is -0.370 e. The van der Waals surface area contributed by atoms with Gasteiger partial charge < -0.3 is 20.4 Å². The summed E-state index contributed by atoms with van der Waals surface area (Å²) in [5.41, 5.74) is 1.20. The zero-order chi connectivity index (χ0) is 22.1. The summed E-state index contributed by atoms with van der Waals surface area (Å²) in [5.74, 6) is -0.344. The number of nitrogens with one attached hydrogen (secondary N) is 2. The number of hydrogen-bond donors (Lipinski definition) is 2. The molecule has 0 bridgehead atoms. The highest BCUT2D eigenvalue weighted by Crippen LogP contribution is 2.36. The molecule has 164 valence electrons. The molecule has 2 fully saturated rings. The van der Waals surface area contributed by atoms with E-state index in [1.165, 1.54) is 11.3 Å². The smallest absolute Gasteiger partial charge is 0.275 e. The minimum absolute atomic E-state index is 0.0871. The molecule has 10 heteroatoms. The van der Waals surface area contributed by atoms with Crippen molar-refractivity contribution in [3.63, 3.8) is 0 Å². The van der Waals surface area contributed by atoms with Crippen molar-refractivity contribution in [2.45, 2.75) is 18.4 Å². The number of thiazole rings is 1. The Labute approximate surface area is 192 Å². The van der Waals surface area contributed by atoms with Gasteiger partial charge in [-0.2, -0.15) is 0 Å². The number of aromatic nitrogens is 1. The highest BCUT2D eigenvalue weighted by molar-refractivity contribution is 7.20. The molecule has 4 heterocycles. The summed E-state index contributed by atoms with van der Waals surface area (Å²) in [7, 11) is 0. The van der Waals surface area contributed by atoms with Gasteiger partial charge in [-0.15, -0.1) is 22.7 Å². The summed E-state index contributed by atoms with van der Waals surface area (Å²) >= 11 is 3.04. The molecule has 2 aliphatic heterocycles. The second-order valence-electron chi connectivity index (χ2n) is 7.74. The quantitative estimate of drug-likeness (QED) is 0.563. The normalized spacial score (nSPS) is 17.4. The van der Waals surface area contributed by atoms with Crippen LogP contribution in [0.5, 0.6) is 0 Å². The van der Waals surface area contributed by atoms with Crippen LogP contribution in [0.1, 0.15) is 23.3 Å². The van der Waals surface area contributed by atoms with Crippen molar-refractivity contribution in [3.8, 4) is 9.88 Å². The van der Waals surface area contributed by atoms with E-state index in [1.807, 2.05) is 41.8 Å². The van der Waals surface area contributed by atoms with Gasteiger partial charge in [-0.1, -0.05) is 18.2 Å². The molecule has 3 aromatic rings. The van der Waals surface area contributed by atoms with Crippen molar-refractivity contribution in [2.24, 2.45) is 0 Å². The minimum atomic E-state index is -0.769. The molecule has 2 aromatic heterocycles. The molecule has 0 unspecified atom stereocenters. The van der Waals surface area contributed by atoms with E-state index in [9.17, 15) is 14.4 Å². The van der Waals surface area contributed by atoms with E-state index < -0.39 is 5.54 Å². The van der Waals surface area contributed by atoms with E-state index in [2.05, 4.69) is 20.5 Å². The van der Waals surface area contributed by atoms with Crippen molar-refractivity contribution in [1.29, 1.82) is 0 Å². The number of carbonyl (C=O) groups excluding carboxylic acids is 3. The number of nitrogens with zero attached hydrogens (tertiary/aromatic N) is 3. The summed E-state index contributed by atoms with van der Waals surface area (Å²) in [5, 5.41) is 10.4. The van der Waals surface area contributed by atoms with Gasteiger partial charge in [0.1, 0.15) is 16.2 Å². The number of amides is 3. The molecule has 2 aliphatic rings. The number of para-hydroxylation sites is 2. The van der Waals surface area contributed by atoms with E-state index in [4.69, 9.17) is 0 Å².